The maximum atomic E-state index is 9.90. The highest BCUT2D eigenvalue weighted by Crippen LogP contribution is 2.29. The van der Waals surface area contributed by atoms with Crippen LogP contribution in [0, 0.1) is 6.92 Å². The zero-order valence-electron chi connectivity index (χ0n) is 9.69. The van der Waals surface area contributed by atoms with Crippen LogP contribution in [0.3, 0.4) is 0 Å². The van der Waals surface area contributed by atoms with Gasteiger partial charge in [0.1, 0.15) is 5.75 Å². The Hall–Kier alpha value is -1.32. The topological polar surface area (TPSA) is 32.6 Å². The van der Waals surface area contributed by atoms with Gasteiger partial charge in [0, 0.05) is 11.8 Å². The Labute approximate surface area is 119 Å². The summed E-state index contributed by atoms with van der Waals surface area (Å²) in [5.74, 6) is 0.177. The minimum atomic E-state index is 0.177. The molecule has 0 atom stereocenters. The van der Waals surface area contributed by atoms with Crippen LogP contribution < -0.4 is 0 Å². The second-order valence-corrected chi connectivity index (χ2v) is 5.16. The standard InChI is InChI=1S/C14H11BrClNO/c1-9-6-10(14(18)11(15)7-9)8-17-13-5-3-2-4-12(13)16/h2-8,18H,1H3. The number of rotatable bonds is 2. The fraction of sp³-hybridized carbons (Fsp3) is 0.0714. The highest BCUT2D eigenvalue weighted by Gasteiger charge is 2.04. The molecule has 2 nitrogen and oxygen atoms in total. The van der Waals surface area contributed by atoms with E-state index in [2.05, 4.69) is 20.9 Å². The smallest absolute Gasteiger partial charge is 0.138 e. The summed E-state index contributed by atoms with van der Waals surface area (Å²) in [6.45, 7) is 1.96. The van der Waals surface area contributed by atoms with Crippen LogP contribution in [0.5, 0.6) is 5.75 Å². The third-order valence-electron chi connectivity index (χ3n) is 2.43. The maximum absolute atomic E-state index is 9.90. The molecule has 0 aliphatic carbocycles. The summed E-state index contributed by atoms with van der Waals surface area (Å²) in [5, 5.41) is 10.5. The second-order valence-electron chi connectivity index (χ2n) is 3.89. The summed E-state index contributed by atoms with van der Waals surface area (Å²) < 4.78 is 0.656. The lowest BCUT2D eigenvalue weighted by Gasteiger charge is -2.03. The number of phenolic OH excluding ortho intramolecular Hbond substituents is 1. The van der Waals surface area contributed by atoms with Crippen molar-refractivity contribution < 1.29 is 5.11 Å². The van der Waals surface area contributed by atoms with Crippen LogP contribution in [-0.4, -0.2) is 11.3 Å². The molecule has 0 aliphatic heterocycles. The van der Waals surface area contributed by atoms with Crippen molar-refractivity contribution in [1.29, 1.82) is 0 Å². The summed E-state index contributed by atoms with van der Waals surface area (Å²) in [5.41, 5.74) is 2.37. The van der Waals surface area contributed by atoms with Crippen molar-refractivity contribution >= 4 is 39.4 Å². The number of aliphatic imine (C=N–C) groups is 1. The molecule has 4 heteroatoms. The molecule has 0 heterocycles. The lowest BCUT2D eigenvalue weighted by molar-refractivity contribution is 0.471. The first-order valence-electron chi connectivity index (χ1n) is 5.35. The molecular formula is C14H11BrClNO. The Kier molecular flexibility index (Phi) is 4.04. The molecule has 2 rings (SSSR count). The molecule has 1 N–H and O–H groups in total. The van der Waals surface area contributed by atoms with E-state index in [0.29, 0.717) is 20.7 Å². The van der Waals surface area contributed by atoms with Gasteiger partial charge in [-0.1, -0.05) is 23.7 Å². The SMILES string of the molecule is Cc1cc(Br)c(O)c(C=Nc2ccccc2Cl)c1. The normalized spacial score (nSPS) is 11.1. The van der Waals surface area contributed by atoms with E-state index in [1.807, 2.05) is 37.3 Å². The molecule has 18 heavy (non-hydrogen) atoms. The molecule has 0 amide bonds. The number of hydrogen-bond acceptors (Lipinski definition) is 2. The second kappa shape index (κ2) is 5.55. The highest BCUT2D eigenvalue weighted by molar-refractivity contribution is 9.10. The summed E-state index contributed by atoms with van der Waals surface area (Å²) in [6.07, 6.45) is 1.61. The average Bonchev–Trinajstić information content (AvgIpc) is 2.33. The van der Waals surface area contributed by atoms with Crippen LogP contribution in [0.1, 0.15) is 11.1 Å². The number of phenols is 1. The van der Waals surface area contributed by atoms with E-state index in [1.165, 1.54) is 0 Å². The van der Waals surface area contributed by atoms with Crippen LogP contribution in [0.25, 0.3) is 0 Å². The van der Waals surface area contributed by atoms with Crippen LogP contribution in [0.2, 0.25) is 5.02 Å². The van der Waals surface area contributed by atoms with E-state index in [1.54, 1.807) is 12.3 Å². The predicted octanol–water partition coefficient (Wildman–Crippen LogP) is 4.87. The molecule has 0 unspecified atom stereocenters. The molecule has 2 aromatic rings. The zero-order chi connectivity index (χ0) is 13.1. The van der Waals surface area contributed by atoms with Crippen LogP contribution >= 0.6 is 27.5 Å². The average molecular weight is 325 g/mol. The molecular weight excluding hydrogens is 314 g/mol. The largest absolute Gasteiger partial charge is 0.506 e. The lowest BCUT2D eigenvalue weighted by Crippen LogP contribution is -1.86. The number of nitrogens with zero attached hydrogens (tertiary/aromatic N) is 1. The minimum Gasteiger partial charge on any atom is -0.506 e. The van der Waals surface area contributed by atoms with Gasteiger partial charge in [0.05, 0.1) is 15.2 Å². The molecule has 0 aromatic heterocycles. The third-order valence-corrected chi connectivity index (χ3v) is 3.36. The van der Waals surface area contributed by atoms with Gasteiger partial charge in [-0.05, 0) is 52.7 Å². The monoisotopic (exact) mass is 323 g/mol. The molecule has 92 valence electrons. The molecule has 0 spiro atoms. The van der Waals surface area contributed by atoms with Gasteiger partial charge >= 0.3 is 0 Å². The first kappa shape index (κ1) is 13.1. The number of halogens is 2. The van der Waals surface area contributed by atoms with Gasteiger partial charge in [-0.15, -0.1) is 0 Å². The zero-order valence-corrected chi connectivity index (χ0v) is 12.0. The van der Waals surface area contributed by atoms with Gasteiger partial charge in [0.15, 0.2) is 0 Å². The van der Waals surface area contributed by atoms with Gasteiger partial charge in [-0.3, -0.25) is 4.99 Å². The molecule has 0 saturated carbocycles. The van der Waals surface area contributed by atoms with Crippen molar-refractivity contribution in [3.8, 4) is 5.75 Å². The van der Waals surface area contributed by atoms with E-state index in [0.717, 1.165) is 5.56 Å². The summed E-state index contributed by atoms with van der Waals surface area (Å²) in [6, 6.07) is 11.0. The van der Waals surface area contributed by atoms with Gasteiger partial charge in [-0.25, -0.2) is 0 Å². The van der Waals surface area contributed by atoms with E-state index < -0.39 is 0 Å². The Morgan fingerprint density at radius 1 is 1.28 bits per heavy atom. The Bertz CT molecular complexity index is 611. The van der Waals surface area contributed by atoms with E-state index in [4.69, 9.17) is 11.6 Å². The van der Waals surface area contributed by atoms with Crippen LogP contribution in [-0.2, 0) is 0 Å². The molecule has 0 radical (unpaired) electrons. The number of aryl methyl sites for hydroxylation is 1. The fourth-order valence-electron chi connectivity index (χ4n) is 1.56. The van der Waals surface area contributed by atoms with Gasteiger partial charge in [0.2, 0.25) is 0 Å². The van der Waals surface area contributed by atoms with Crippen molar-refractivity contribution in [1.82, 2.24) is 0 Å². The van der Waals surface area contributed by atoms with E-state index >= 15 is 0 Å². The van der Waals surface area contributed by atoms with Crippen LogP contribution in [0.4, 0.5) is 5.69 Å². The van der Waals surface area contributed by atoms with Crippen molar-refractivity contribution in [2.24, 2.45) is 4.99 Å². The van der Waals surface area contributed by atoms with Gasteiger partial charge in [0.25, 0.3) is 0 Å². The molecule has 0 saturated heterocycles. The Morgan fingerprint density at radius 3 is 2.72 bits per heavy atom. The summed E-state index contributed by atoms with van der Waals surface area (Å²) in [7, 11) is 0. The van der Waals surface area contributed by atoms with Crippen LogP contribution in [0.15, 0.2) is 45.9 Å². The Morgan fingerprint density at radius 2 is 2.00 bits per heavy atom. The number of para-hydroxylation sites is 1. The third kappa shape index (κ3) is 2.92. The number of aromatic hydroxyl groups is 1. The highest BCUT2D eigenvalue weighted by atomic mass is 79.9. The van der Waals surface area contributed by atoms with E-state index in [-0.39, 0.29) is 5.75 Å². The molecule has 0 aliphatic rings. The van der Waals surface area contributed by atoms with Crippen molar-refractivity contribution in [3.63, 3.8) is 0 Å². The maximum Gasteiger partial charge on any atom is 0.138 e. The quantitative estimate of drug-likeness (QED) is 0.786. The molecule has 0 bridgehead atoms. The van der Waals surface area contributed by atoms with E-state index in [9.17, 15) is 5.11 Å². The summed E-state index contributed by atoms with van der Waals surface area (Å²) in [4.78, 5) is 4.28. The number of benzene rings is 2. The molecule has 0 fully saturated rings. The van der Waals surface area contributed by atoms with Gasteiger partial charge < -0.3 is 5.11 Å². The number of hydrogen-bond donors (Lipinski definition) is 1. The fourth-order valence-corrected chi connectivity index (χ4v) is 2.33. The van der Waals surface area contributed by atoms with Crippen molar-refractivity contribution in [2.75, 3.05) is 0 Å². The predicted molar refractivity (Wildman–Crippen MR) is 79.2 cm³/mol. The van der Waals surface area contributed by atoms with Gasteiger partial charge in [-0.2, -0.15) is 0 Å². The van der Waals surface area contributed by atoms with Crippen molar-refractivity contribution in [3.05, 3.63) is 57.0 Å². The lowest BCUT2D eigenvalue weighted by atomic mass is 10.1. The van der Waals surface area contributed by atoms with Crippen molar-refractivity contribution in [2.45, 2.75) is 6.92 Å². The Balaban J connectivity index is 2.38. The first-order chi connectivity index (χ1) is 8.58. The minimum absolute atomic E-state index is 0.177. The first-order valence-corrected chi connectivity index (χ1v) is 6.53. The molecule has 2 aromatic carbocycles. The summed E-state index contributed by atoms with van der Waals surface area (Å²) >= 11 is 9.31.